The number of hydrogen-bond acceptors (Lipinski definition) is 5. The van der Waals surface area contributed by atoms with Gasteiger partial charge < -0.3 is 20.5 Å². The molecule has 7 heteroatoms. The number of rotatable bonds is 5. The van der Waals surface area contributed by atoms with Crippen LogP contribution in [0.5, 0.6) is 5.75 Å². The number of aromatic hydroxyl groups is 1. The number of benzene rings is 2. The Morgan fingerprint density at radius 1 is 1.23 bits per heavy atom. The molecule has 0 aliphatic carbocycles. The van der Waals surface area contributed by atoms with Gasteiger partial charge in [0.05, 0.1) is 13.5 Å². The predicted octanol–water partition coefficient (Wildman–Crippen LogP) is 1.40. The minimum Gasteiger partial charge on any atom is -0.508 e. The summed E-state index contributed by atoms with van der Waals surface area (Å²) in [5, 5.41) is 14.7. The fraction of sp³-hybridized carbons (Fsp3) is 0.211. The molecule has 3 rings (SSSR count). The minimum absolute atomic E-state index is 0.114. The summed E-state index contributed by atoms with van der Waals surface area (Å²) in [5.41, 5.74) is 2.57. The van der Waals surface area contributed by atoms with Gasteiger partial charge in [-0.25, -0.2) is 4.79 Å². The molecule has 26 heavy (non-hydrogen) atoms. The van der Waals surface area contributed by atoms with E-state index in [1.807, 2.05) is 0 Å². The van der Waals surface area contributed by atoms with Gasteiger partial charge in [-0.1, -0.05) is 12.1 Å². The molecule has 7 nitrogen and oxygen atoms in total. The number of anilines is 1. The lowest BCUT2D eigenvalue weighted by Gasteiger charge is -2.17. The van der Waals surface area contributed by atoms with E-state index in [1.165, 1.54) is 19.2 Å². The van der Waals surface area contributed by atoms with Crippen LogP contribution in [0.2, 0.25) is 0 Å². The van der Waals surface area contributed by atoms with Crippen LogP contribution in [0.3, 0.4) is 0 Å². The average molecular weight is 354 g/mol. The van der Waals surface area contributed by atoms with E-state index in [4.69, 9.17) is 4.74 Å². The van der Waals surface area contributed by atoms with Gasteiger partial charge in [0, 0.05) is 17.7 Å². The molecule has 0 radical (unpaired) electrons. The molecule has 1 unspecified atom stereocenters. The summed E-state index contributed by atoms with van der Waals surface area (Å²) in [6.07, 6.45) is 0.452. The Morgan fingerprint density at radius 2 is 1.96 bits per heavy atom. The summed E-state index contributed by atoms with van der Waals surface area (Å²) in [6, 6.07) is 10.4. The molecule has 1 aliphatic heterocycles. The zero-order valence-electron chi connectivity index (χ0n) is 14.1. The van der Waals surface area contributed by atoms with Crippen LogP contribution in [-0.4, -0.2) is 36.0 Å². The topological polar surface area (TPSA) is 105 Å². The number of fused-ring (bicyclic) bond motifs is 1. The average Bonchev–Trinajstić information content (AvgIpc) is 3.01. The van der Waals surface area contributed by atoms with Crippen LogP contribution in [0, 0.1) is 0 Å². The number of esters is 1. The van der Waals surface area contributed by atoms with Crippen LogP contribution in [0.15, 0.2) is 42.5 Å². The largest absolute Gasteiger partial charge is 0.508 e. The Bertz CT molecular complexity index is 861. The number of phenols is 1. The van der Waals surface area contributed by atoms with Gasteiger partial charge in [0.15, 0.2) is 0 Å². The fourth-order valence-corrected chi connectivity index (χ4v) is 2.82. The first-order valence-corrected chi connectivity index (χ1v) is 8.05. The van der Waals surface area contributed by atoms with E-state index in [0.29, 0.717) is 11.3 Å². The van der Waals surface area contributed by atoms with E-state index < -0.39 is 17.9 Å². The Kier molecular flexibility index (Phi) is 4.88. The molecule has 0 fully saturated rings. The lowest BCUT2D eigenvalue weighted by atomic mass is 10.0. The Morgan fingerprint density at radius 3 is 2.65 bits per heavy atom. The van der Waals surface area contributed by atoms with Crippen LogP contribution >= 0.6 is 0 Å². The lowest BCUT2D eigenvalue weighted by Crippen LogP contribution is -2.43. The first-order chi connectivity index (χ1) is 12.5. The molecular formula is C19H18N2O5. The number of ether oxygens (including phenoxy) is 1. The van der Waals surface area contributed by atoms with Gasteiger partial charge in [0.1, 0.15) is 11.8 Å². The molecule has 0 bridgehead atoms. The molecule has 0 saturated heterocycles. The summed E-state index contributed by atoms with van der Waals surface area (Å²) in [5.74, 6) is -0.989. The van der Waals surface area contributed by atoms with E-state index in [9.17, 15) is 19.5 Å². The fourth-order valence-electron chi connectivity index (χ4n) is 2.82. The Hall–Kier alpha value is -3.35. The van der Waals surface area contributed by atoms with Crippen molar-refractivity contribution in [1.82, 2.24) is 5.32 Å². The first-order valence-electron chi connectivity index (χ1n) is 8.05. The maximum absolute atomic E-state index is 12.5. The van der Waals surface area contributed by atoms with Crippen molar-refractivity contribution in [3.05, 3.63) is 59.2 Å². The molecule has 2 amide bonds. The minimum atomic E-state index is -0.870. The van der Waals surface area contributed by atoms with Gasteiger partial charge in [-0.15, -0.1) is 0 Å². The molecule has 134 valence electrons. The second kappa shape index (κ2) is 7.26. The van der Waals surface area contributed by atoms with Crippen molar-refractivity contribution in [2.45, 2.75) is 18.9 Å². The van der Waals surface area contributed by atoms with E-state index in [0.717, 1.165) is 11.1 Å². The normalized spacial score (nSPS) is 13.5. The molecule has 0 aromatic heterocycles. The Labute approximate surface area is 150 Å². The first kappa shape index (κ1) is 17.5. The third kappa shape index (κ3) is 3.83. The van der Waals surface area contributed by atoms with Crippen LogP contribution in [-0.2, 0) is 27.2 Å². The number of phenolic OH excluding ortho intramolecular Hbond substituents is 1. The molecular weight excluding hydrogens is 336 g/mol. The highest BCUT2D eigenvalue weighted by molar-refractivity contribution is 6.02. The summed E-state index contributed by atoms with van der Waals surface area (Å²) in [6.45, 7) is 0. The smallest absolute Gasteiger partial charge is 0.328 e. The van der Waals surface area contributed by atoms with Crippen LogP contribution in [0.4, 0.5) is 5.69 Å². The van der Waals surface area contributed by atoms with Gasteiger partial charge >= 0.3 is 5.97 Å². The number of methoxy groups -OCH3 is 1. The molecule has 0 saturated carbocycles. The number of carbonyl (C=O) groups excluding carboxylic acids is 3. The molecule has 2 aromatic rings. The second-order valence-electron chi connectivity index (χ2n) is 6.02. The molecule has 0 spiro atoms. The van der Waals surface area contributed by atoms with Crippen molar-refractivity contribution in [3.63, 3.8) is 0 Å². The molecule has 2 aromatic carbocycles. The molecule has 3 N–H and O–H groups in total. The van der Waals surface area contributed by atoms with E-state index in [-0.39, 0.29) is 24.5 Å². The van der Waals surface area contributed by atoms with Crippen molar-refractivity contribution in [1.29, 1.82) is 0 Å². The highest BCUT2D eigenvalue weighted by Crippen LogP contribution is 2.24. The van der Waals surface area contributed by atoms with Crippen molar-refractivity contribution in [2.24, 2.45) is 0 Å². The third-order valence-corrected chi connectivity index (χ3v) is 4.16. The monoisotopic (exact) mass is 354 g/mol. The van der Waals surface area contributed by atoms with Gasteiger partial charge in [-0.2, -0.15) is 0 Å². The number of hydrogen-bond donors (Lipinski definition) is 3. The SMILES string of the molecule is COC(=O)C(Cc1ccc(O)cc1)NC(=O)c1ccc2c(c1)CC(=O)N2. The highest BCUT2D eigenvalue weighted by atomic mass is 16.5. The summed E-state index contributed by atoms with van der Waals surface area (Å²) >= 11 is 0. The summed E-state index contributed by atoms with van der Waals surface area (Å²) in [7, 11) is 1.25. The second-order valence-corrected chi connectivity index (χ2v) is 6.02. The lowest BCUT2D eigenvalue weighted by molar-refractivity contribution is -0.142. The van der Waals surface area contributed by atoms with Gasteiger partial charge in [0.2, 0.25) is 5.91 Å². The number of nitrogens with one attached hydrogen (secondary N) is 2. The number of carbonyl (C=O) groups is 3. The van der Waals surface area contributed by atoms with E-state index >= 15 is 0 Å². The zero-order chi connectivity index (χ0) is 18.7. The van der Waals surface area contributed by atoms with Crippen LogP contribution in [0.1, 0.15) is 21.5 Å². The molecule has 1 atom stereocenters. The third-order valence-electron chi connectivity index (χ3n) is 4.16. The predicted molar refractivity (Wildman–Crippen MR) is 93.9 cm³/mol. The maximum atomic E-state index is 12.5. The van der Waals surface area contributed by atoms with Crippen molar-refractivity contribution >= 4 is 23.5 Å². The highest BCUT2D eigenvalue weighted by Gasteiger charge is 2.24. The van der Waals surface area contributed by atoms with Gasteiger partial charge in [-0.3, -0.25) is 9.59 Å². The number of amides is 2. The maximum Gasteiger partial charge on any atom is 0.328 e. The summed E-state index contributed by atoms with van der Waals surface area (Å²) in [4.78, 5) is 36.0. The Balaban J connectivity index is 1.75. The van der Waals surface area contributed by atoms with Gasteiger partial charge in [0.25, 0.3) is 5.91 Å². The van der Waals surface area contributed by atoms with E-state index in [1.54, 1.807) is 30.3 Å². The zero-order valence-corrected chi connectivity index (χ0v) is 14.1. The molecule has 1 aliphatic rings. The van der Waals surface area contributed by atoms with E-state index in [2.05, 4.69) is 10.6 Å². The van der Waals surface area contributed by atoms with Crippen LogP contribution in [0.25, 0.3) is 0 Å². The van der Waals surface area contributed by atoms with Crippen molar-refractivity contribution < 1.29 is 24.2 Å². The van der Waals surface area contributed by atoms with Crippen molar-refractivity contribution in [2.75, 3.05) is 12.4 Å². The standard InChI is InChI=1S/C19H18N2O5/c1-26-19(25)16(8-11-2-5-14(22)6-3-11)21-18(24)12-4-7-15-13(9-12)10-17(23)20-15/h2-7,9,16,22H,8,10H2,1H3,(H,20,23)(H,21,24). The quantitative estimate of drug-likeness (QED) is 0.704. The van der Waals surface area contributed by atoms with Gasteiger partial charge in [-0.05, 0) is 41.5 Å². The summed E-state index contributed by atoms with van der Waals surface area (Å²) < 4.78 is 4.78. The van der Waals surface area contributed by atoms with Crippen molar-refractivity contribution in [3.8, 4) is 5.75 Å². The van der Waals surface area contributed by atoms with Crippen LogP contribution < -0.4 is 10.6 Å². The molecule has 1 heterocycles.